The van der Waals surface area contributed by atoms with Gasteiger partial charge in [-0.05, 0) is 73.7 Å². The van der Waals surface area contributed by atoms with Crippen LogP contribution in [0.15, 0.2) is 62.1 Å². The molecular formula is C20H17Br2NO3. The van der Waals surface area contributed by atoms with Gasteiger partial charge < -0.3 is 9.47 Å². The molecule has 6 heteroatoms. The molecule has 0 spiro atoms. The van der Waals surface area contributed by atoms with Gasteiger partial charge in [-0.3, -0.25) is 0 Å². The molecule has 0 aromatic heterocycles. The standard InChI is InChI=1S/C20H17Br2NO3/c1-12(2)11-25-18-15(21)8-13(9-16(18)22)10-17-20(24)26-19(23-17)14-6-4-3-5-7-14/h3-10,12H,11H2,1-2H3/b17-10-. The molecular weight excluding hydrogens is 462 g/mol. The van der Waals surface area contributed by atoms with E-state index in [0.717, 1.165) is 25.8 Å². The summed E-state index contributed by atoms with van der Waals surface area (Å²) in [7, 11) is 0. The zero-order valence-corrected chi connectivity index (χ0v) is 17.5. The number of benzene rings is 2. The zero-order valence-electron chi connectivity index (χ0n) is 14.3. The van der Waals surface area contributed by atoms with Gasteiger partial charge in [-0.1, -0.05) is 32.0 Å². The minimum absolute atomic E-state index is 0.263. The van der Waals surface area contributed by atoms with Gasteiger partial charge in [0.1, 0.15) is 5.75 Å². The number of ether oxygens (including phenoxy) is 2. The number of hydrogen-bond acceptors (Lipinski definition) is 4. The maximum atomic E-state index is 12.1. The van der Waals surface area contributed by atoms with Gasteiger partial charge in [-0.25, -0.2) is 9.79 Å². The van der Waals surface area contributed by atoms with Crippen LogP contribution in [0.2, 0.25) is 0 Å². The number of carbonyl (C=O) groups is 1. The van der Waals surface area contributed by atoms with Gasteiger partial charge in [0.15, 0.2) is 5.70 Å². The zero-order chi connectivity index (χ0) is 18.7. The molecule has 1 heterocycles. The Morgan fingerprint density at radius 3 is 2.42 bits per heavy atom. The largest absolute Gasteiger partial charge is 0.491 e. The van der Waals surface area contributed by atoms with E-state index in [1.807, 2.05) is 42.5 Å². The average molecular weight is 479 g/mol. The minimum atomic E-state index is -0.462. The SMILES string of the molecule is CC(C)COc1c(Br)cc(/C=C2\N=C(c3ccccc3)OC2=O)cc1Br. The van der Waals surface area contributed by atoms with Gasteiger partial charge in [0.25, 0.3) is 0 Å². The molecule has 0 amide bonds. The van der Waals surface area contributed by atoms with Crippen LogP contribution in [0.4, 0.5) is 0 Å². The van der Waals surface area contributed by atoms with E-state index in [1.54, 1.807) is 6.08 Å². The van der Waals surface area contributed by atoms with Crippen molar-refractivity contribution in [1.82, 2.24) is 0 Å². The molecule has 0 bridgehead atoms. The van der Waals surface area contributed by atoms with Crippen LogP contribution in [-0.2, 0) is 9.53 Å². The lowest BCUT2D eigenvalue weighted by molar-refractivity contribution is -0.129. The maximum absolute atomic E-state index is 12.1. The normalized spacial score (nSPS) is 15.3. The first kappa shape index (κ1) is 18.9. The summed E-state index contributed by atoms with van der Waals surface area (Å²) in [6, 6.07) is 13.1. The lowest BCUT2D eigenvalue weighted by Crippen LogP contribution is -2.05. The lowest BCUT2D eigenvalue weighted by Gasteiger charge is -2.13. The Kier molecular flexibility index (Phi) is 5.94. The third-order valence-electron chi connectivity index (χ3n) is 3.53. The van der Waals surface area contributed by atoms with E-state index in [0.29, 0.717) is 18.4 Å². The molecule has 134 valence electrons. The summed E-state index contributed by atoms with van der Waals surface area (Å²) in [5.74, 6) is 1.02. The third kappa shape index (κ3) is 4.43. The first-order valence-electron chi connectivity index (χ1n) is 8.14. The number of nitrogens with zero attached hydrogens (tertiary/aromatic N) is 1. The number of cyclic esters (lactones) is 1. The highest BCUT2D eigenvalue weighted by Crippen LogP contribution is 2.36. The van der Waals surface area contributed by atoms with Crippen molar-refractivity contribution >= 4 is 49.8 Å². The lowest BCUT2D eigenvalue weighted by atomic mass is 10.2. The van der Waals surface area contributed by atoms with Crippen LogP contribution >= 0.6 is 31.9 Å². The van der Waals surface area contributed by atoms with E-state index in [9.17, 15) is 4.79 Å². The molecule has 0 unspecified atom stereocenters. The fourth-order valence-electron chi connectivity index (χ4n) is 2.32. The van der Waals surface area contributed by atoms with Crippen LogP contribution in [0.25, 0.3) is 6.08 Å². The van der Waals surface area contributed by atoms with E-state index >= 15 is 0 Å². The molecule has 3 rings (SSSR count). The van der Waals surface area contributed by atoms with Crippen molar-refractivity contribution < 1.29 is 14.3 Å². The summed E-state index contributed by atoms with van der Waals surface area (Å²) < 4.78 is 12.7. The van der Waals surface area contributed by atoms with Gasteiger partial charge in [0, 0.05) is 5.56 Å². The van der Waals surface area contributed by atoms with Crippen molar-refractivity contribution in [2.75, 3.05) is 6.61 Å². The molecule has 26 heavy (non-hydrogen) atoms. The number of esters is 1. The topological polar surface area (TPSA) is 47.9 Å². The van der Waals surface area contributed by atoms with E-state index in [2.05, 4.69) is 50.7 Å². The van der Waals surface area contributed by atoms with Crippen molar-refractivity contribution in [1.29, 1.82) is 0 Å². The molecule has 0 fully saturated rings. The number of aliphatic imine (C=N–C) groups is 1. The predicted molar refractivity (Wildman–Crippen MR) is 109 cm³/mol. The van der Waals surface area contributed by atoms with Crippen LogP contribution in [0.5, 0.6) is 5.75 Å². The highest BCUT2D eigenvalue weighted by atomic mass is 79.9. The second-order valence-corrected chi connectivity index (χ2v) is 7.93. The molecule has 2 aromatic carbocycles. The van der Waals surface area contributed by atoms with Crippen molar-refractivity contribution in [3.05, 3.63) is 68.2 Å². The Hall–Kier alpha value is -1.92. The number of halogens is 2. The van der Waals surface area contributed by atoms with Crippen molar-refractivity contribution in [3.63, 3.8) is 0 Å². The van der Waals surface area contributed by atoms with E-state index in [1.165, 1.54) is 0 Å². The molecule has 2 aromatic rings. The van der Waals surface area contributed by atoms with Crippen molar-refractivity contribution in [2.24, 2.45) is 10.9 Å². The van der Waals surface area contributed by atoms with Crippen LogP contribution in [0.1, 0.15) is 25.0 Å². The Balaban J connectivity index is 1.88. The third-order valence-corrected chi connectivity index (χ3v) is 4.70. The minimum Gasteiger partial charge on any atom is -0.491 e. The van der Waals surface area contributed by atoms with Gasteiger partial charge in [-0.2, -0.15) is 0 Å². The van der Waals surface area contributed by atoms with Gasteiger partial charge in [0.05, 0.1) is 15.6 Å². The molecule has 0 saturated carbocycles. The molecule has 0 aliphatic carbocycles. The Morgan fingerprint density at radius 1 is 1.15 bits per heavy atom. The highest BCUT2D eigenvalue weighted by molar-refractivity contribution is 9.11. The van der Waals surface area contributed by atoms with Gasteiger partial charge >= 0.3 is 5.97 Å². The molecule has 0 atom stereocenters. The molecule has 0 radical (unpaired) electrons. The molecule has 1 aliphatic heterocycles. The van der Waals surface area contributed by atoms with Crippen LogP contribution in [0.3, 0.4) is 0 Å². The summed E-state index contributed by atoms with van der Waals surface area (Å²) in [4.78, 5) is 16.4. The Labute approximate surface area is 169 Å². The smallest absolute Gasteiger partial charge is 0.363 e. The fourth-order valence-corrected chi connectivity index (χ4v) is 3.77. The maximum Gasteiger partial charge on any atom is 0.363 e. The molecule has 1 aliphatic rings. The van der Waals surface area contributed by atoms with E-state index in [-0.39, 0.29) is 5.70 Å². The van der Waals surface area contributed by atoms with Crippen LogP contribution < -0.4 is 4.74 Å². The van der Waals surface area contributed by atoms with E-state index in [4.69, 9.17) is 9.47 Å². The Bertz CT molecular complexity index is 866. The average Bonchev–Trinajstić information content (AvgIpc) is 2.95. The highest BCUT2D eigenvalue weighted by Gasteiger charge is 2.24. The van der Waals surface area contributed by atoms with Gasteiger partial charge in [-0.15, -0.1) is 0 Å². The summed E-state index contributed by atoms with van der Waals surface area (Å²) in [5, 5.41) is 0. The summed E-state index contributed by atoms with van der Waals surface area (Å²) in [5.41, 5.74) is 1.84. The van der Waals surface area contributed by atoms with Gasteiger partial charge in [0.2, 0.25) is 5.90 Å². The molecule has 0 N–H and O–H groups in total. The molecule has 0 saturated heterocycles. The first-order chi connectivity index (χ1) is 12.4. The van der Waals surface area contributed by atoms with Crippen molar-refractivity contribution in [2.45, 2.75) is 13.8 Å². The first-order valence-corrected chi connectivity index (χ1v) is 9.72. The fraction of sp³-hybridized carbons (Fsp3) is 0.200. The van der Waals surface area contributed by atoms with Crippen molar-refractivity contribution in [3.8, 4) is 5.75 Å². The quantitative estimate of drug-likeness (QED) is 0.415. The van der Waals surface area contributed by atoms with Crippen LogP contribution in [-0.4, -0.2) is 18.5 Å². The number of carbonyl (C=O) groups excluding carboxylic acids is 1. The summed E-state index contributed by atoms with van der Waals surface area (Å²) in [6.45, 7) is 4.80. The second-order valence-electron chi connectivity index (χ2n) is 6.22. The van der Waals surface area contributed by atoms with Crippen LogP contribution in [0, 0.1) is 5.92 Å². The predicted octanol–water partition coefficient (Wildman–Crippen LogP) is 5.59. The summed E-state index contributed by atoms with van der Waals surface area (Å²) >= 11 is 7.05. The van der Waals surface area contributed by atoms with E-state index < -0.39 is 5.97 Å². The number of hydrogen-bond donors (Lipinski definition) is 0. The Morgan fingerprint density at radius 2 is 1.81 bits per heavy atom. The summed E-state index contributed by atoms with van der Waals surface area (Å²) in [6.07, 6.45) is 1.69. The second kappa shape index (κ2) is 8.18. The molecule has 4 nitrogen and oxygen atoms in total. The monoisotopic (exact) mass is 477 g/mol. The number of rotatable bonds is 5.